The molecule has 36 heavy (non-hydrogen) atoms. The molecule has 12 heteroatoms. The minimum Gasteiger partial charge on any atom is -0.406 e. The quantitative estimate of drug-likeness (QED) is 0.343. The molecule has 8 nitrogen and oxygen atoms in total. The molecule has 1 unspecified atom stereocenters. The molecular formula is C24H24F4N6O2. The van der Waals surface area contributed by atoms with Gasteiger partial charge in [-0.3, -0.25) is 9.78 Å². The van der Waals surface area contributed by atoms with Gasteiger partial charge in [-0.2, -0.15) is 0 Å². The summed E-state index contributed by atoms with van der Waals surface area (Å²) in [5.74, 6) is -2.01. The number of benzene rings is 1. The van der Waals surface area contributed by atoms with E-state index in [4.69, 9.17) is 11.5 Å². The van der Waals surface area contributed by atoms with Crippen LogP contribution in [0, 0.1) is 5.82 Å². The van der Waals surface area contributed by atoms with Crippen LogP contribution in [0.4, 0.5) is 34.9 Å². The lowest BCUT2D eigenvalue weighted by molar-refractivity contribution is -0.274. The minimum atomic E-state index is -4.79. The van der Waals surface area contributed by atoms with Gasteiger partial charge in [-0.15, -0.1) is 13.2 Å². The highest BCUT2D eigenvalue weighted by molar-refractivity contribution is 5.98. The summed E-state index contributed by atoms with van der Waals surface area (Å²) < 4.78 is 55.8. The van der Waals surface area contributed by atoms with Crippen molar-refractivity contribution in [1.82, 2.24) is 9.97 Å². The number of carbonyl (C=O) groups is 1. The van der Waals surface area contributed by atoms with Gasteiger partial charge in [0.05, 0.1) is 17.4 Å². The highest BCUT2D eigenvalue weighted by Crippen LogP contribution is 2.30. The van der Waals surface area contributed by atoms with E-state index in [9.17, 15) is 22.4 Å². The number of nitrogens with two attached hydrogens (primary N) is 2. The van der Waals surface area contributed by atoms with Gasteiger partial charge in [-0.1, -0.05) is 25.0 Å². The van der Waals surface area contributed by atoms with Crippen LogP contribution in [-0.4, -0.2) is 34.3 Å². The number of halogens is 4. The zero-order chi connectivity index (χ0) is 25.9. The molecule has 1 aliphatic carbocycles. The van der Waals surface area contributed by atoms with Crippen molar-refractivity contribution in [3.8, 4) is 16.9 Å². The van der Waals surface area contributed by atoms with Crippen LogP contribution in [0.25, 0.3) is 11.1 Å². The van der Waals surface area contributed by atoms with Crippen LogP contribution in [0.1, 0.15) is 36.0 Å². The average Bonchev–Trinajstić information content (AvgIpc) is 2.82. The monoisotopic (exact) mass is 504 g/mol. The third-order valence-corrected chi connectivity index (χ3v) is 5.81. The van der Waals surface area contributed by atoms with Crippen molar-refractivity contribution >= 4 is 23.2 Å². The van der Waals surface area contributed by atoms with E-state index in [2.05, 4.69) is 25.3 Å². The third-order valence-electron chi connectivity index (χ3n) is 5.81. The fraction of sp³-hybridized carbons (Fsp3) is 0.292. The third kappa shape index (κ3) is 6.19. The van der Waals surface area contributed by atoms with Gasteiger partial charge in [-0.25, -0.2) is 9.37 Å². The van der Waals surface area contributed by atoms with E-state index in [0.717, 1.165) is 31.7 Å². The van der Waals surface area contributed by atoms with Crippen molar-refractivity contribution in [3.63, 3.8) is 0 Å². The number of pyridine rings is 2. The van der Waals surface area contributed by atoms with Crippen LogP contribution in [0.2, 0.25) is 0 Å². The summed E-state index contributed by atoms with van der Waals surface area (Å²) in [5, 5.41) is 5.98. The number of anilines is 3. The molecule has 1 saturated carbocycles. The summed E-state index contributed by atoms with van der Waals surface area (Å²) in [7, 11) is 0. The number of primary amides is 1. The molecule has 0 spiro atoms. The number of hydrogen-bond acceptors (Lipinski definition) is 7. The first-order valence-corrected chi connectivity index (χ1v) is 11.2. The second-order valence-electron chi connectivity index (χ2n) is 8.44. The van der Waals surface area contributed by atoms with E-state index in [1.807, 2.05) is 0 Å². The Bertz CT molecular complexity index is 1240. The Balaban J connectivity index is 1.59. The van der Waals surface area contributed by atoms with Gasteiger partial charge in [0.1, 0.15) is 11.6 Å². The van der Waals surface area contributed by atoms with E-state index >= 15 is 0 Å². The van der Waals surface area contributed by atoms with E-state index in [1.165, 1.54) is 36.7 Å². The number of hydrogen-bond donors (Lipinski definition) is 4. The van der Waals surface area contributed by atoms with Crippen molar-refractivity contribution in [2.45, 2.75) is 44.1 Å². The predicted molar refractivity (Wildman–Crippen MR) is 126 cm³/mol. The fourth-order valence-electron chi connectivity index (χ4n) is 4.04. The van der Waals surface area contributed by atoms with E-state index < -0.39 is 18.1 Å². The molecule has 2 atom stereocenters. The van der Waals surface area contributed by atoms with Crippen LogP contribution in [-0.2, 0) is 0 Å². The Morgan fingerprint density at radius 2 is 1.75 bits per heavy atom. The van der Waals surface area contributed by atoms with Gasteiger partial charge in [0.15, 0.2) is 11.6 Å². The van der Waals surface area contributed by atoms with Gasteiger partial charge >= 0.3 is 6.36 Å². The average molecular weight is 504 g/mol. The number of ether oxygens (including phenoxy) is 1. The lowest BCUT2D eigenvalue weighted by Gasteiger charge is -2.30. The van der Waals surface area contributed by atoms with E-state index in [0.29, 0.717) is 16.8 Å². The molecule has 1 aromatic carbocycles. The zero-order valence-corrected chi connectivity index (χ0v) is 19.0. The molecule has 3 aromatic rings. The topological polar surface area (TPSA) is 128 Å². The molecule has 0 bridgehead atoms. The first-order chi connectivity index (χ1) is 17.1. The van der Waals surface area contributed by atoms with Gasteiger partial charge in [-0.05, 0) is 42.7 Å². The summed E-state index contributed by atoms with van der Waals surface area (Å²) in [6.45, 7) is 0. The molecule has 4 rings (SSSR count). The summed E-state index contributed by atoms with van der Waals surface area (Å²) in [6.07, 6.45) is 1.71. The normalized spacial score (nSPS) is 17.9. The maximum absolute atomic E-state index is 14.7. The molecular weight excluding hydrogens is 480 g/mol. The number of amides is 1. The highest BCUT2D eigenvalue weighted by atomic mass is 19.4. The van der Waals surface area contributed by atoms with Crippen LogP contribution in [0.5, 0.6) is 5.75 Å². The van der Waals surface area contributed by atoms with Crippen molar-refractivity contribution in [3.05, 3.63) is 60.2 Å². The standard InChI is InChI=1S/C24H24F4N6O2/c25-18-10-17(21(30)35)22(34-23(18)33-20-4-2-1-3-19(20)29)32-15-9-14(11-31-12-15)13-5-7-16(8-6-13)36-24(26,27)28/h5-12,19-20H,1-4,29H2,(H2,30,35)(H2,32,33,34)/t19?,20-/m1/s1. The Labute approximate surface area is 204 Å². The molecule has 0 saturated heterocycles. The second kappa shape index (κ2) is 10.4. The smallest absolute Gasteiger partial charge is 0.406 e. The van der Waals surface area contributed by atoms with Crippen LogP contribution < -0.4 is 26.8 Å². The Hall–Kier alpha value is -3.93. The Morgan fingerprint density at radius 3 is 2.42 bits per heavy atom. The lowest BCUT2D eigenvalue weighted by atomic mass is 9.91. The molecule has 2 heterocycles. The van der Waals surface area contributed by atoms with Crippen molar-refractivity contribution in [2.24, 2.45) is 11.5 Å². The van der Waals surface area contributed by atoms with Crippen molar-refractivity contribution in [2.75, 3.05) is 10.6 Å². The predicted octanol–water partition coefficient (Wildman–Crippen LogP) is 4.71. The number of nitrogens with zero attached hydrogens (tertiary/aromatic N) is 2. The van der Waals surface area contributed by atoms with Gasteiger partial charge in [0.25, 0.3) is 5.91 Å². The number of alkyl halides is 3. The summed E-state index contributed by atoms with van der Waals surface area (Å²) in [4.78, 5) is 20.4. The molecule has 0 radical (unpaired) electrons. The Kier molecular flexibility index (Phi) is 7.25. The van der Waals surface area contributed by atoms with Gasteiger partial charge in [0, 0.05) is 23.8 Å². The largest absolute Gasteiger partial charge is 0.573 e. The Morgan fingerprint density at radius 1 is 1.03 bits per heavy atom. The highest BCUT2D eigenvalue weighted by Gasteiger charge is 2.31. The number of aromatic nitrogens is 2. The van der Waals surface area contributed by atoms with Crippen molar-refractivity contribution in [1.29, 1.82) is 0 Å². The van der Waals surface area contributed by atoms with E-state index in [1.54, 1.807) is 6.07 Å². The van der Waals surface area contributed by atoms with Crippen LogP contribution in [0.3, 0.4) is 0 Å². The summed E-state index contributed by atoms with van der Waals surface area (Å²) in [6, 6.07) is 7.60. The first kappa shape index (κ1) is 25.2. The zero-order valence-electron chi connectivity index (χ0n) is 19.0. The molecule has 0 aliphatic heterocycles. The van der Waals surface area contributed by atoms with Gasteiger partial charge in [0.2, 0.25) is 0 Å². The molecule has 1 amide bonds. The first-order valence-electron chi connectivity index (χ1n) is 11.2. The fourth-order valence-corrected chi connectivity index (χ4v) is 4.04. The lowest BCUT2D eigenvalue weighted by Crippen LogP contribution is -2.43. The number of nitrogens with one attached hydrogen (secondary N) is 2. The maximum atomic E-state index is 14.7. The van der Waals surface area contributed by atoms with E-state index in [-0.39, 0.29) is 35.0 Å². The van der Waals surface area contributed by atoms with Crippen molar-refractivity contribution < 1.29 is 27.1 Å². The summed E-state index contributed by atoms with van der Waals surface area (Å²) in [5.41, 5.74) is 13.0. The minimum absolute atomic E-state index is 0.0173. The molecule has 6 N–H and O–H groups in total. The molecule has 1 aliphatic rings. The van der Waals surface area contributed by atoms with Gasteiger partial charge < -0.3 is 26.8 Å². The maximum Gasteiger partial charge on any atom is 0.573 e. The molecule has 190 valence electrons. The SMILES string of the molecule is NC(=O)c1cc(F)c(N[C@@H]2CCCCC2N)nc1Nc1cncc(-c2ccc(OC(F)(F)F)cc2)c1. The summed E-state index contributed by atoms with van der Waals surface area (Å²) >= 11 is 0. The molecule has 2 aromatic heterocycles. The molecule has 1 fully saturated rings. The number of rotatable bonds is 7. The second-order valence-corrected chi connectivity index (χ2v) is 8.44. The van der Waals surface area contributed by atoms with Crippen LogP contribution in [0.15, 0.2) is 48.8 Å². The number of carbonyl (C=O) groups excluding carboxylic acids is 1. The van der Waals surface area contributed by atoms with Crippen LogP contribution >= 0.6 is 0 Å².